The van der Waals surface area contributed by atoms with E-state index < -0.39 is 0 Å². The molecule has 5 heteroatoms. The van der Waals surface area contributed by atoms with Crippen molar-refractivity contribution >= 4 is 28.7 Å². The van der Waals surface area contributed by atoms with E-state index in [2.05, 4.69) is 15.2 Å². The molecule has 0 unspecified atom stereocenters. The number of piperazine rings is 1. The summed E-state index contributed by atoms with van der Waals surface area (Å²) in [6.07, 6.45) is 0. The maximum absolute atomic E-state index is 6.07. The number of halogens is 1. The van der Waals surface area contributed by atoms with E-state index in [4.69, 9.17) is 16.0 Å². The second kappa shape index (κ2) is 4.20. The molecule has 1 aromatic heterocycles. The topological polar surface area (TPSA) is 41.3 Å². The molecule has 1 fully saturated rings. The van der Waals surface area contributed by atoms with Gasteiger partial charge in [-0.15, -0.1) is 0 Å². The third-order valence-corrected chi connectivity index (χ3v) is 3.45. The first kappa shape index (κ1) is 10.9. The number of hydrogen-bond acceptors (Lipinski definition) is 4. The van der Waals surface area contributed by atoms with Crippen molar-refractivity contribution in [3.8, 4) is 0 Å². The molecule has 2 heterocycles. The van der Waals surface area contributed by atoms with Crippen LogP contribution in [0.25, 0.3) is 11.1 Å². The zero-order chi connectivity index (χ0) is 11.8. The van der Waals surface area contributed by atoms with Gasteiger partial charge >= 0.3 is 0 Å². The summed E-state index contributed by atoms with van der Waals surface area (Å²) in [5.74, 6) is 0. The fourth-order valence-electron chi connectivity index (χ4n) is 2.03. The third kappa shape index (κ3) is 1.98. The van der Waals surface area contributed by atoms with Gasteiger partial charge in [-0.2, -0.15) is 4.98 Å². The Balaban J connectivity index is 2.00. The predicted octanol–water partition coefficient (Wildman–Crippen LogP) is 2.20. The average molecular weight is 252 g/mol. The lowest BCUT2D eigenvalue weighted by molar-refractivity contribution is 0.517. The number of benzene rings is 1. The Hall–Kier alpha value is -1.26. The van der Waals surface area contributed by atoms with E-state index in [0.29, 0.717) is 6.01 Å². The van der Waals surface area contributed by atoms with Crippen LogP contribution in [0.3, 0.4) is 0 Å². The Morgan fingerprint density at radius 3 is 2.88 bits per heavy atom. The summed E-state index contributed by atoms with van der Waals surface area (Å²) in [6.45, 7) is 5.77. The molecule has 1 aromatic carbocycles. The van der Waals surface area contributed by atoms with E-state index in [9.17, 15) is 0 Å². The van der Waals surface area contributed by atoms with Crippen LogP contribution in [0, 0.1) is 6.92 Å². The molecule has 90 valence electrons. The van der Waals surface area contributed by atoms with Crippen molar-refractivity contribution in [2.24, 2.45) is 0 Å². The molecule has 1 saturated heterocycles. The standard InChI is InChI=1S/C12H14ClN3O/c1-8-6-10-11(7-9(8)13)17-12(15-10)16-4-2-14-3-5-16/h6-7,14H,2-5H2,1H3. The SMILES string of the molecule is Cc1cc2nc(N3CCNCC3)oc2cc1Cl. The van der Waals surface area contributed by atoms with Gasteiger partial charge in [0.25, 0.3) is 6.01 Å². The van der Waals surface area contributed by atoms with E-state index in [1.165, 1.54) is 0 Å². The highest BCUT2D eigenvalue weighted by Crippen LogP contribution is 2.27. The monoisotopic (exact) mass is 251 g/mol. The molecule has 17 heavy (non-hydrogen) atoms. The minimum absolute atomic E-state index is 0.697. The molecule has 0 amide bonds. The van der Waals surface area contributed by atoms with Crippen LogP contribution in [0.2, 0.25) is 5.02 Å². The molecule has 0 spiro atoms. The first-order valence-corrected chi connectivity index (χ1v) is 6.14. The van der Waals surface area contributed by atoms with Gasteiger partial charge in [-0.3, -0.25) is 0 Å². The Labute approximate surface area is 105 Å². The highest BCUT2D eigenvalue weighted by Gasteiger charge is 2.16. The summed E-state index contributed by atoms with van der Waals surface area (Å²) in [4.78, 5) is 6.66. The van der Waals surface area contributed by atoms with Crippen LogP contribution in [-0.4, -0.2) is 31.2 Å². The number of aryl methyl sites for hydroxylation is 1. The van der Waals surface area contributed by atoms with E-state index in [1.807, 2.05) is 19.1 Å². The highest BCUT2D eigenvalue weighted by molar-refractivity contribution is 6.32. The van der Waals surface area contributed by atoms with Crippen LogP contribution in [0.5, 0.6) is 0 Å². The molecule has 0 radical (unpaired) electrons. The zero-order valence-electron chi connectivity index (χ0n) is 9.66. The maximum Gasteiger partial charge on any atom is 0.298 e. The normalized spacial score (nSPS) is 16.7. The number of anilines is 1. The van der Waals surface area contributed by atoms with Gasteiger partial charge in [0.1, 0.15) is 5.52 Å². The number of rotatable bonds is 1. The Morgan fingerprint density at radius 2 is 2.12 bits per heavy atom. The van der Waals surface area contributed by atoms with Crippen LogP contribution in [0.1, 0.15) is 5.56 Å². The number of fused-ring (bicyclic) bond motifs is 1. The lowest BCUT2D eigenvalue weighted by Crippen LogP contribution is -2.43. The molecule has 4 nitrogen and oxygen atoms in total. The molecule has 0 atom stereocenters. The van der Waals surface area contributed by atoms with E-state index >= 15 is 0 Å². The first-order chi connectivity index (χ1) is 8.24. The smallest absolute Gasteiger partial charge is 0.298 e. The second-order valence-corrected chi connectivity index (χ2v) is 4.71. The summed E-state index contributed by atoms with van der Waals surface area (Å²) >= 11 is 6.07. The molecule has 3 rings (SSSR count). The van der Waals surface area contributed by atoms with Crippen LogP contribution in [0.4, 0.5) is 6.01 Å². The van der Waals surface area contributed by atoms with Gasteiger partial charge < -0.3 is 14.6 Å². The maximum atomic E-state index is 6.07. The van der Waals surface area contributed by atoms with Gasteiger partial charge in [0.05, 0.1) is 0 Å². The minimum Gasteiger partial charge on any atom is -0.423 e. The van der Waals surface area contributed by atoms with Crippen molar-refractivity contribution in [3.05, 3.63) is 22.7 Å². The molecule has 1 N–H and O–H groups in total. The van der Waals surface area contributed by atoms with Crippen molar-refractivity contribution in [3.63, 3.8) is 0 Å². The van der Waals surface area contributed by atoms with Crippen molar-refractivity contribution in [1.29, 1.82) is 0 Å². The van der Waals surface area contributed by atoms with Gasteiger partial charge in [-0.1, -0.05) is 11.6 Å². The quantitative estimate of drug-likeness (QED) is 0.844. The minimum atomic E-state index is 0.697. The van der Waals surface area contributed by atoms with Gasteiger partial charge in [0, 0.05) is 37.3 Å². The number of aromatic nitrogens is 1. The van der Waals surface area contributed by atoms with Crippen LogP contribution in [0.15, 0.2) is 16.5 Å². The zero-order valence-corrected chi connectivity index (χ0v) is 10.4. The summed E-state index contributed by atoms with van der Waals surface area (Å²) in [5, 5.41) is 4.03. The summed E-state index contributed by atoms with van der Waals surface area (Å²) < 4.78 is 5.75. The number of hydrogen-bond donors (Lipinski definition) is 1. The summed E-state index contributed by atoms with van der Waals surface area (Å²) in [6, 6.07) is 4.50. The molecule has 1 aliphatic heterocycles. The van der Waals surface area contributed by atoms with Crippen LogP contribution in [-0.2, 0) is 0 Å². The van der Waals surface area contributed by atoms with Crippen LogP contribution >= 0.6 is 11.6 Å². The van der Waals surface area contributed by atoms with Gasteiger partial charge in [0.15, 0.2) is 5.58 Å². The predicted molar refractivity (Wildman–Crippen MR) is 68.8 cm³/mol. The third-order valence-electron chi connectivity index (χ3n) is 3.05. The van der Waals surface area contributed by atoms with Crippen LogP contribution < -0.4 is 10.2 Å². The summed E-state index contributed by atoms with van der Waals surface area (Å²) in [5.41, 5.74) is 2.66. The molecule has 0 bridgehead atoms. The molecule has 1 aliphatic rings. The lowest BCUT2D eigenvalue weighted by atomic mass is 10.2. The van der Waals surface area contributed by atoms with E-state index in [0.717, 1.165) is 47.9 Å². The summed E-state index contributed by atoms with van der Waals surface area (Å²) in [7, 11) is 0. The molecule has 2 aromatic rings. The number of nitrogens with zero attached hydrogens (tertiary/aromatic N) is 2. The van der Waals surface area contributed by atoms with Gasteiger partial charge in [-0.05, 0) is 18.6 Å². The first-order valence-electron chi connectivity index (χ1n) is 5.76. The van der Waals surface area contributed by atoms with Gasteiger partial charge in [-0.25, -0.2) is 0 Å². The lowest BCUT2D eigenvalue weighted by Gasteiger charge is -2.25. The van der Waals surface area contributed by atoms with E-state index in [-0.39, 0.29) is 0 Å². The fraction of sp³-hybridized carbons (Fsp3) is 0.417. The van der Waals surface area contributed by atoms with E-state index in [1.54, 1.807) is 0 Å². The Morgan fingerprint density at radius 1 is 1.35 bits per heavy atom. The Bertz CT molecular complexity index is 507. The largest absolute Gasteiger partial charge is 0.423 e. The second-order valence-electron chi connectivity index (χ2n) is 4.30. The molecular weight excluding hydrogens is 238 g/mol. The van der Waals surface area contributed by atoms with Crippen molar-refractivity contribution in [2.75, 3.05) is 31.1 Å². The fourth-order valence-corrected chi connectivity index (χ4v) is 2.19. The number of nitrogens with one attached hydrogen (secondary N) is 1. The molecular formula is C12H14ClN3O. The van der Waals surface area contributed by atoms with Crippen molar-refractivity contribution < 1.29 is 4.42 Å². The van der Waals surface area contributed by atoms with Crippen molar-refractivity contribution in [1.82, 2.24) is 10.3 Å². The highest BCUT2D eigenvalue weighted by atomic mass is 35.5. The molecule has 0 aliphatic carbocycles. The number of oxazole rings is 1. The molecule has 0 saturated carbocycles. The average Bonchev–Trinajstić information content (AvgIpc) is 2.74. The van der Waals surface area contributed by atoms with Crippen molar-refractivity contribution in [2.45, 2.75) is 6.92 Å². The van der Waals surface area contributed by atoms with Gasteiger partial charge in [0.2, 0.25) is 0 Å². The Kier molecular flexibility index (Phi) is 2.68.